The van der Waals surface area contributed by atoms with Crippen LogP contribution < -0.4 is 10.9 Å². The molecule has 2 aromatic rings. The molecule has 0 atom stereocenters. The third-order valence-corrected chi connectivity index (χ3v) is 3.72. The van der Waals surface area contributed by atoms with Crippen molar-refractivity contribution >= 4 is 11.8 Å². The number of hydrogen-bond donors (Lipinski definition) is 2. The van der Waals surface area contributed by atoms with Crippen LogP contribution >= 0.6 is 11.8 Å². The maximum absolute atomic E-state index is 14.0. The highest BCUT2D eigenvalue weighted by molar-refractivity contribution is 7.99. The first-order chi connectivity index (χ1) is 10.2. The van der Waals surface area contributed by atoms with Crippen LogP contribution in [0.4, 0.5) is 4.39 Å². The highest BCUT2D eigenvalue weighted by Gasteiger charge is 2.10. The van der Waals surface area contributed by atoms with Gasteiger partial charge in [-0.3, -0.25) is 4.79 Å². The van der Waals surface area contributed by atoms with Crippen LogP contribution in [0.25, 0.3) is 0 Å². The Kier molecular flexibility index (Phi) is 5.91. The summed E-state index contributed by atoms with van der Waals surface area (Å²) in [6.07, 6.45) is 1.43. The van der Waals surface area contributed by atoms with Crippen LogP contribution in [0.15, 0.2) is 45.3 Å². The molecule has 1 heterocycles. The van der Waals surface area contributed by atoms with Crippen LogP contribution in [0.1, 0.15) is 5.56 Å². The molecule has 1 aromatic carbocycles. The van der Waals surface area contributed by atoms with Crippen LogP contribution in [0.5, 0.6) is 0 Å². The minimum atomic E-state index is -0.289. The Morgan fingerprint density at radius 3 is 3.05 bits per heavy atom. The Hall–Kier alpha value is -1.70. The summed E-state index contributed by atoms with van der Waals surface area (Å²) in [5.74, 6) is -0.289. The average Bonchev–Trinajstić information content (AvgIpc) is 2.46. The van der Waals surface area contributed by atoms with Gasteiger partial charge in [0, 0.05) is 42.9 Å². The van der Waals surface area contributed by atoms with E-state index in [1.165, 1.54) is 30.1 Å². The minimum absolute atomic E-state index is 0.233. The molecule has 2 N–H and O–H groups in total. The fourth-order valence-corrected chi connectivity index (χ4v) is 2.61. The molecular formula is C14H16FN3O2S. The second kappa shape index (κ2) is 7.92. The molecule has 0 aliphatic rings. The van der Waals surface area contributed by atoms with Crippen LogP contribution in [-0.2, 0) is 11.3 Å². The van der Waals surface area contributed by atoms with Gasteiger partial charge in [-0.1, -0.05) is 17.8 Å². The van der Waals surface area contributed by atoms with Crippen molar-refractivity contribution < 1.29 is 9.13 Å². The van der Waals surface area contributed by atoms with Crippen LogP contribution in [0.3, 0.4) is 0 Å². The normalized spacial score (nSPS) is 10.8. The number of rotatable bonds is 7. The van der Waals surface area contributed by atoms with Crippen molar-refractivity contribution in [2.45, 2.75) is 16.6 Å². The quantitative estimate of drug-likeness (QED) is 0.603. The van der Waals surface area contributed by atoms with E-state index in [4.69, 9.17) is 4.74 Å². The predicted octanol–water partition coefficient (Wildman–Crippen LogP) is 1.80. The van der Waals surface area contributed by atoms with E-state index in [1.54, 1.807) is 19.2 Å². The summed E-state index contributed by atoms with van der Waals surface area (Å²) >= 11 is 1.23. The van der Waals surface area contributed by atoms with E-state index < -0.39 is 0 Å². The molecule has 0 saturated carbocycles. The summed E-state index contributed by atoms with van der Waals surface area (Å²) in [6.45, 7) is 1.58. The summed E-state index contributed by atoms with van der Waals surface area (Å²) in [7, 11) is 1.61. The fraction of sp³-hybridized carbons (Fsp3) is 0.286. The molecule has 5 nitrogen and oxygen atoms in total. The number of nitrogens with zero attached hydrogens (tertiary/aromatic N) is 1. The topological polar surface area (TPSA) is 67.0 Å². The molecule has 0 spiro atoms. The number of nitrogens with one attached hydrogen (secondary N) is 2. The molecule has 0 fully saturated rings. The maximum Gasteiger partial charge on any atom is 0.251 e. The number of ether oxygens (including phenoxy) is 1. The van der Waals surface area contributed by atoms with Gasteiger partial charge >= 0.3 is 0 Å². The lowest BCUT2D eigenvalue weighted by Crippen LogP contribution is -2.19. The summed E-state index contributed by atoms with van der Waals surface area (Å²) in [6, 6.07) is 6.19. The zero-order valence-corrected chi connectivity index (χ0v) is 12.4. The Morgan fingerprint density at radius 2 is 2.29 bits per heavy atom. The summed E-state index contributed by atoms with van der Waals surface area (Å²) < 4.78 is 18.9. The summed E-state index contributed by atoms with van der Waals surface area (Å²) in [5, 5.41) is 3.55. The van der Waals surface area contributed by atoms with Gasteiger partial charge in [0.2, 0.25) is 0 Å². The van der Waals surface area contributed by atoms with Crippen molar-refractivity contribution in [2.75, 3.05) is 20.3 Å². The van der Waals surface area contributed by atoms with E-state index in [1.807, 2.05) is 0 Å². The third-order valence-electron chi connectivity index (χ3n) is 2.72. The molecule has 0 bridgehead atoms. The van der Waals surface area contributed by atoms with E-state index >= 15 is 0 Å². The Balaban J connectivity index is 2.15. The van der Waals surface area contributed by atoms with Crippen molar-refractivity contribution in [3.63, 3.8) is 0 Å². The average molecular weight is 309 g/mol. The molecule has 0 saturated heterocycles. The molecule has 0 radical (unpaired) electrons. The van der Waals surface area contributed by atoms with Crippen molar-refractivity contribution in [1.82, 2.24) is 15.3 Å². The molecule has 112 valence electrons. The second-order valence-corrected chi connectivity index (χ2v) is 5.26. The van der Waals surface area contributed by atoms with Crippen LogP contribution in [-0.4, -0.2) is 30.2 Å². The number of halogens is 1. The van der Waals surface area contributed by atoms with Crippen LogP contribution in [0, 0.1) is 5.82 Å². The first kappa shape index (κ1) is 15.7. The lowest BCUT2D eigenvalue weighted by Gasteiger charge is -2.10. The molecule has 21 heavy (non-hydrogen) atoms. The SMILES string of the molecule is COCCNCc1c(F)cccc1Sc1nccc(=O)[nH]1. The third kappa shape index (κ3) is 4.66. The van der Waals surface area contributed by atoms with Gasteiger partial charge < -0.3 is 15.0 Å². The Labute approximate surface area is 126 Å². The second-order valence-electron chi connectivity index (χ2n) is 4.23. The number of hydrogen-bond acceptors (Lipinski definition) is 5. The Morgan fingerprint density at radius 1 is 1.43 bits per heavy atom. The lowest BCUT2D eigenvalue weighted by molar-refractivity contribution is 0.199. The molecule has 1 aromatic heterocycles. The van der Waals surface area contributed by atoms with Gasteiger partial charge in [-0.15, -0.1) is 0 Å². The van der Waals surface area contributed by atoms with Gasteiger partial charge in [0.25, 0.3) is 5.56 Å². The zero-order chi connectivity index (χ0) is 15.1. The number of aromatic amines is 1. The van der Waals surface area contributed by atoms with Crippen molar-refractivity contribution in [3.05, 3.63) is 52.2 Å². The lowest BCUT2D eigenvalue weighted by atomic mass is 10.2. The van der Waals surface area contributed by atoms with Crippen molar-refractivity contribution in [1.29, 1.82) is 0 Å². The van der Waals surface area contributed by atoms with E-state index in [-0.39, 0.29) is 11.4 Å². The fourth-order valence-electron chi connectivity index (χ4n) is 1.70. The van der Waals surface area contributed by atoms with Gasteiger partial charge in [0.15, 0.2) is 5.16 Å². The largest absolute Gasteiger partial charge is 0.383 e. The molecule has 0 aliphatic carbocycles. The van der Waals surface area contributed by atoms with Gasteiger partial charge in [-0.25, -0.2) is 9.37 Å². The van der Waals surface area contributed by atoms with Crippen molar-refractivity contribution in [2.24, 2.45) is 0 Å². The monoisotopic (exact) mass is 309 g/mol. The zero-order valence-electron chi connectivity index (χ0n) is 11.6. The van der Waals surface area contributed by atoms with Gasteiger partial charge in [-0.05, 0) is 12.1 Å². The van der Waals surface area contributed by atoms with E-state index in [2.05, 4.69) is 15.3 Å². The molecule has 2 rings (SSSR count). The molecule has 0 amide bonds. The first-order valence-electron chi connectivity index (χ1n) is 6.41. The first-order valence-corrected chi connectivity index (χ1v) is 7.22. The number of H-pyrrole nitrogens is 1. The molecule has 0 unspecified atom stereocenters. The molecular weight excluding hydrogens is 293 g/mol. The number of aromatic nitrogens is 2. The summed E-state index contributed by atoms with van der Waals surface area (Å²) in [5.41, 5.74) is 0.314. The predicted molar refractivity (Wildman–Crippen MR) is 79.0 cm³/mol. The van der Waals surface area contributed by atoms with Gasteiger partial charge in [0.05, 0.1) is 6.61 Å². The standard InChI is InChI=1S/C14H16FN3O2S/c1-20-8-7-16-9-10-11(15)3-2-4-12(10)21-14-17-6-5-13(19)18-14/h2-6,16H,7-9H2,1H3,(H,17,18,19). The minimum Gasteiger partial charge on any atom is -0.383 e. The van der Waals surface area contributed by atoms with Gasteiger partial charge in [0.1, 0.15) is 5.82 Å². The molecule has 0 aliphatic heterocycles. The molecule has 7 heteroatoms. The summed E-state index contributed by atoms with van der Waals surface area (Å²) in [4.78, 5) is 18.7. The highest BCUT2D eigenvalue weighted by atomic mass is 32.2. The van der Waals surface area contributed by atoms with E-state index in [0.29, 0.717) is 35.3 Å². The van der Waals surface area contributed by atoms with E-state index in [0.717, 1.165) is 0 Å². The smallest absolute Gasteiger partial charge is 0.251 e. The Bertz CT molecular complexity index is 648. The van der Waals surface area contributed by atoms with E-state index in [9.17, 15) is 9.18 Å². The van der Waals surface area contributed by atoms with Crippen molar-refractivity contribution in [3.8, 4) is 0 Å². The highest BCUT2D eigenvalue weighted by Crippen LogP contribution is 2.28. The van der Waals surface area contributed by atoms with Crippen LogP contribution in [0.2, 0.25) is 0 Å². The maximum atomic E-state index is 14.0. The van der Waals surface area contributed by atoms with Gasteiger partial charge in [-0.2, -0.15) is 0 Å². The number of methoxy groups -OCH3 is 1. The number of benzene rings is 1.